The normalized spacial score (nSPS) is 11.0. The van der Waals surface area contributed by atoms with Gasteiger partial charge in [0.15, 0.2) is 5.65 Å². The number of nitrogens with zero attached hydrogens (tertiary/aromatic N) is 5. The largest absolute Gasteiger partial charge is 0.496 e. The fraction of sp³-hybridized carbons (Fsp3) is 0.368. The van der Waals surface area contributed by atoms with E-state index in [4.69, 9.17) is 10.5 Å². The van der Waals surface area contributed by atoms with E-state index in [0.29, 0.717) is 35.8 Å². The van der Waals surface area contributed by atoms with Gasteiger partial charge in [-0.25, -0.2) is 9.97 Å². The number of methoxy groups -OCH3 is 1. The van der Waals surface area contributed by atoms with Crippen molar-refractivity contribution in [3.8, 4) is 5.75 Å². The molecule has 8 nitrogen and oxygen atoms in total. The summed E-state index contributed by atoms with van der Waals surface area (Å²) < 4.78 is 7.24. The average molecular weight is 368 g/mol. The first-order valence-electron chi connectivity index (χ1n) is 8.73. The number of nitrogens with two attached hydrogens (primary N) is 1. The Labute approximate surface area is 158 Å². The van der Waals surface area contributed by atoms with E-state index in [9.17, 15) is 4.79 Å². The summed E-state index contributed by atoms with van der Waals surface area (Å²) in [6.45, 7) is 6.89. The van der Waals surface area contributed by atoms with Crippen molar-refractivity contribution in [1.29, 1.82) is 0 Å². The molecule has 0 bridgehead atoms. The highest BCUT2D eigenvalue weighted by Crippen LogP contribution is 2.25. The lowest BCUT2D eigenvalue weighted by molar-refractivity contribution is 0.0783. The van der Waals surface area contributed by atoms with Crippen LogP contribution < -0.4 is 10.5 Å². The highest BCUT2D eigenvalue weighted by atomic mass is 16.5. The van der Waals surface area contributed by atoms with Crippen molar-refractivity contribution in [2.75, 3.05) is 19.9 Å². The second-order valence-corrected chi connectivity index (χ2v) is 6.49. The molecule has 0 aliphatic carbocycles. The van der Waals surface area contributed by atoms with Crippen LogP contribution in [0.15, 0.2) is 18.5 Å². The molecule has 3 heterocycles. The summed E-state index contributed by atoms with van der Waals surface area (Å²) in [7, 11) is 3.37. The van der Waals surface area contributed by atoms with Gasteiger partial charge in [0.2, 0.25) is 5.95 Å². The molecule has 0 aliphatic rings. The first-order chi connectivity index (χ1) is 12.9. The Morgan fingerprint density at radius 1 is 1.30 bits per heavy atom. The molecule has 27 heavy (non-hydrogen) atoms. The van der Waals surface area contributed by atoms with Crippen molar-refractivity contribution in [3.63, 3.8) is 0 Å². The summed E-state index contributed by atoms with van der Waals surface area (Å²) in [4.78, 5) is 27.6. The number of aromatic nitrogens is 4. The number of aryl methyl sites for hydroxylation is 2. The summed E-state index contributed by atoms with van der Waals surface area (Å²) in [6, 6.07) is 1.72. The van der Waals surface area contributed by atoms with Gasteiger partial charge in [-0.05, 0) is 26.8 Å². The van der Waals surface area contributed by atoms with Crippen molar-refractivity contribution in [1.82, 2.24) is 24.4 Å². The second-order valence-electron chi connectivity index (χ2n) is 6.49. The monoisotopic (exact) mass is 368 g/mol. The van der Waals surface area contributed by atoms with E-state index in [0.717, 1.165) is 22.6 Å². The highest BCUT2D eigenvalue weighted by Gasteiger charge is 2.18. The molecule has 0 radical (unpaired) electrons. The van der Waals surface area contributed by atoms with E-state index in [2.05, 4.69) is 15.0 Å². The highest BCUT2D eigenvalue weighted by molar-refractivity contribution is 5.96. The third-order valence-corrected chi connectivity index (χ3v) is 4.66. The van der Waals surface area contributed by atoms with Gasteiger partial charge in [-0.1, -0.05) is 0 Å². The zero-order valence-corrected chi connectivity index (χ0v) is 16.3. The quantitative estimate of drug-likeness (QED) is 0.742. The van der Waals surface area contributed by atoms with Gasteiger partial charge in [-0.2, -0.15) is 0 Å². The molecule has 0 atom stereocenters. The summed E-state index contributed by atoms with van der Waals surface area (Å²) in [6.07, 6.45) is 3.32. The third-order valence-electron chi connectivity index (χ3n) is 4.66. The second kappa shape index (κ2) is 7.22. The summed E-state index contributed by atoms with van der Waals surface area (Å²) in [5.74, 6) is 1.03. The van der Waals surface area contributed by atoms with Gasteiger partial charge in [0.1, 0.15) is 11.3 Å². The lowest BCUT2D eigenvalue weighted by atomic mass is 10.1. The van der Waals surface area contributed by atoms with Gasteiger partial charge >= 0.3 is 0 Å². The molecule has 8 heteroatoms. The molecule has 2 N–H and O–H groups in total. The molecule has 0 unspecified atom stereocenters. The summed E-state index contributed by atoms with van der Waals surface area (Å²) in [5.41, 5.74) is 10.3. The number of imidazole rings is 1. The maximum Gasteiger partial charge on any atom is 0.255 e. The molecule has 0 spiro atoms. The van der Waals surface area contributed by atoms with Gasteiger partial charge < -0.3 is 15.4 Å². The van der Waals surface area contributed by atoms with E-state index in [1.807, 2.05) is 20.8 Å². The fourth-order valence-corrected chi connectivity index (χ4v) is 3.20. The molecule has 0 saturated carbocycles. The molecule has 142 valence electrons. The molecule has 3 aromatic heterocycles. The van der Waals surface area contributed by atoms with Crippen LogP contribution in [0.5, 0.6) is 5.75 Å². The number of amides is 1. The average Bonchev–Trinajstić information content (AvgIpc) is 2.97. The van der Waals surface area contributed by atoms with Crippen molar-refractivity contribution in [2.45, 2.75) is 33.9 Å². The van der Waals surface area contributed by atoms with Crippen LogP contribution in [0, 0.1) is 13.8 Å². The van der Waals surface area contributed by atoms with Crippen molar-refractivity contribution >= 4 is 23.0 Å². The first kappa shape index (κ1) is 18.6. The van der Waals surface area contributed by atoms with Gasteiger partial charge in [-0.15, -0.1) is 0 Å². The van der Waals surface area contributed by atoms with Crippen LogP contribution in [-0.2, 0) is 13.1 Å². The molecule has 0 saturated heterocycles. The number of carbonyl (C=O) groups excluding carboxylic acids is 1. The summed E-state index contributed by atoms with van der Waals surface area (Å²) >= 11 is 0. The van der Waals surface area contributed by atoms with Gasteiger partial charge in [0, 0.05) is 37.1 Å². The number of anilines is 1. The zero-order chi connectivity index (χ0) is 19.7. The molecule has 3 rings (SSSR count). The predicted molar refractivity (Wildman–Crippen MR) is 104 cm³/mol. The summed E-state index contributed by atoms with van der Waals surface area (Å²) in [5, 5.41) is 0. The Morgan fingerprint density at radius 2 is 2.04 bits per heavy atom. The number of hydrogen-bond acceptors (Lipinski definition) is 6. The maximum absolute atomic E-state index is 12.8. The third kappa shape index (κ3) is 3.30. The number of pyridine rings is 2. The predicted octanol–water partition coefficient (Wildman–Crippen LogP) is 2.33. The molecule has 1 amide bonds. The first-order valence-corrected chi connectivity index (χ1v) is 8.73. The van der Waals surface area contributed by atoms with Crippen LogP contribution >= 0.6 is 0 Å². The van der Waals surface area contributed by atoms with E-state index in [1.54, 1.807) is 42.1 Å². The minimum absolute atomic E-state index is 0.158. The Bertz CT molecular complexity index is 1010. The topological polar surface area (TPSA) is 99.2 Å². The van der Waals surface area contributed by atoms with Crippen LogP contribution in [0.1, 0.15) is 34.1 Å². The Hall–Kier alpha value is -3.16. The lowest BCUT2D eigenvalue weighted by Crippen LogP contribution is -2.27. The van der Waals surface area contributed by atoms with Gasteiger partial charge in [-0.3, -0.25) is 14.3 Å². The number of rotatable bonds is 5. The minimum Gasteiger partial charge on any atom is -0.496 e. The standard InChI is InChI=1S/C19H24N6O2/c1-6-25-17-14(23-19(25)20)7-13(9-22-17)18(26)24(4)10-15-12(3)16(27-5)11(2)8-21-15/h7-9H,6,10H2,1-5H3,(H2,20,23). The molecule has 0 fully saturated rings. The lowest BCUT2D eigenvalue weighted by Gasteiger charge is -2.19. The van der Waals surface area contributed by atoms with Crippen LogP contribution in [0.2, 0.25) is 0 Å². The molecular formula is C19H24N6O2. The van der Waals surface area contributed by atoms with Crippen molar-refractivity contribution in [2.24, 2.45) is 0 Å². The van der Waals surface area contributed by atoms with Crippen LogP contribution in [0.4, 0.5) is 5.95 Å². The Kier molecular flexibility index (Phi) is 4.98. The number of hydrogen-bond donors (Lipinski definition) is 1. The molecule has 3 aromatic rings. The van der Waals surface area contributed by atoms with Crippen LogP contribution in [0.25, 0.3) is 11.2 Å². The number of carbonyl (C=O) groups is 1. The molecule has 0 aromatic carbocycles. The fourth-order valence-electron chi connectivity index (χ4n) is 3.20. The van der Waals surface area contributed by atoms with Gasteiger partial charge in [0.05, 0.1) is 24.9 Å². The minimum atomic E-state index is -0.158. The van der Waals surface area contributed by atoms with E-state index < -0.39 is 0 Å². The van der Waals surface area contributed by atoms with E-state index in [1.165, 1.54) is 0 Å². The molecular weight excluding hydrogens is 344 g/mol. The van der Waals surface area contributed by atoms with E-state index in [-0.39, 0.29) is 5.91 Å². The SMILES string of the molecule is CCn1c(N)nc2cc(C(=O)N(C)Cc3ncc(C)c(OC)c3C)cnc21. The number of ether oxygens (including phenoxy) is 1. The van der Waals surface area contributed by atoms with E-state index >= 15 is 0 Å². The van der Waals surface area contributed by atoms with Crippen LogP contribution in [0.3, 0.4) is 0 Å². The molecule has 0 aliphatic heterocycles. The van der Waals surface area contributed by atoms with Gasteiger partial charge in [0.25, 0.3) is 5.91 Å². The van der Waals surface area contributed by atoms with Crippen molar-refractivity contribution in [3.05, 3.63) is 40.8 Å². The van der Waals surface area contributed by atoms with Crippen molar-refractivity contribution < 1.29 is 9.53 Å². The Morgan fingerprint density at radius 3 is 2.70 bits per heavy atom. The van der Waals surface area contributed by atoms with Crippen LogP contribution in [-0.4, -0.2) is 44.5 Å². The maximum atomic E-state index is 12.8. The Balaban J connectivity index is 1.87. The number of fused-ring (bicyclic) bond motifs is 1. The number of nitrogen functional groups attached to an aromatic ring is 1. The zero-order valence-electron chi connectivity index (χ0n) is 16.3. The smallest absolute Gasteiger partial charge is 0.255 e.